The van der Waals surface area contributed by atoms with Crippen molar-refractivity contribution in [3.05, 3.63) is 126 Å². The molecule has 1 aliphatic heterocycles. The van der Waals surface area contributed by atoms with Crippen molar-refractivity contribution in [3.8, 4) is 17.0 Å². The summed E-state index contributed by atoms with van der Waals surface area (Å²) in [5.41, 5.74) is 4.10. The molecule has 0 N–H and O–H groups in total. The van der Waals surface area contributed by atoms with Gasteiger partial charge < -0.3 is 9.47 Å². The molecule has 2 heterocycles. The number of hydrogen-bond acceptors (Lipinski definition) is 7. The van der Waals surface area contributed by atoms with Crippen molar-refractivity contribution in [2.24, 2.45) is 23.7 Å². The maximum absolute atomic E-state index is 13.6. The third kappa shape index (κ3) is 5.57. The van der Waals surface area contributed by atoms with Crippen molar-refractivity contribution in [2.75, 3.05) is 4.90 Å². The lowest BCUT2D eigenvalue weighted by Crippen LogP contribution is -2.32. The van der Waals surface area contributed by atoms with Gasteiger partial charge in [-0.2, -0.15) is 0 Å². The Labute approximate surface area is 283 Å². The highest BCUT2D eigenvalue weighted by Gasteiger charge is 2.61. The highest BCUT2D eigenvalue weighted by atomic mass is 16.5. The van der Waals surface area contributed by atoms with Crippen LogP contribution in [0.1, 0.15) is 52.5 Å². The summed E-state index contributed by atoms with van der Waals surface area (Å²) in [6, 6.07) is 32.6. The van der Waals surface area contributed by atoms with E-state index in [9.17, 15) is 19.2 Å². The number of carbonyl (C=O) groups is 4. The van der Waals surface area contributed by atoms with Crippen LogP contribution in [0.4, 0.5) is 5.69 Å². The van der Waals surface area contributed by atoms with Crippen LogP contribution in [-0.4, -0.2) is 34.7 Å². The Morgan fingerprint density at radius 3 is 2.16 bits per heavy atom. The normalized spacial score (nSPS) is 21.5. The summed E-state index contributed by atoms with van der Waals surface area (Å²) >= 11 is 0. The zero-order valence-electron chi connectivity index (χ0n) is 27.0. The molecule has 2 saturated carbocycles. The van der Waals surface area contributed by atoms with Gasteiger partial charge in [-0.25, -0.2) is 9.78 Å². The number of rotatable bonds is 9. The van der Waals surface area contributed by atoms with Crippen LogP contribution in [0.25, 0.3) is 22.2 Å². The van der Waals surface area contributed by atoms with E-state index in [1.165, 1.54) is 4.90 Å². The first kappa shape index (κ1) is 30.7. The van der Waals surface area contributed by atoms with E-state index in [0.29, 0.717) is 57.6 Å². The lowest BCUT2D eigenvalue weighted by Gasteiger charge is -2.19. The Morgan fingerprint density at radius 1 is 0.816 bits per heavy atom. The number of Topliss-reactive ketones (excluding diaryl/α,β-unsaturated/α-hetero) is 1. The van der Waals surface area contributed by atoms with E-state index in [1.807, 2.05) is 60.7 Å². The SMILES string of the molecule is C[C@H](OC(=O)c1cc(-c2ccc(N3C(=O)[C@@H]4[C@@H]5CC[C@@H](C5)[C@@H]4C3=O)cc2)nc2ccccc12)C(=O)c1ccc(OCc2ccccc2)cc1. The first-order valence-electron chi connectivity index (χ1n) is 16.8. The maximum atomic E-state index is 13.6. The van der Waals surface area contributed by atoms with Crippen molar-refractivity contribution in [2.45, 2.75) is 38.9 Å². The van der Waals surface area contributed by atoms with Gasteiger partial charge >= 0.3 is 5.97 Å². The third-order valence-corrected chi connectivity index (χ3v) is 10.3. The Hall–Kier alpha value is -5.63. The van der Waals surface area contributed by atoms with Gasteiger partial charge in [-0.15, -0.1) is 0 Å². The second kappa shape index (κ2) is 12.4. The van der Waals surface area contributed by atoms with Gasteiger partial charge in [-0.05, 0) is 92.1 Å². The molecule has 0 radical (unpaired) electrons. The summed E-state index contributed by atoms with van der Waals surface area (Å²) < 4.78 is 11.6. The number of nitrogens with zero attached hydrogens (tertiary/aromatic N) is 2. The second-order valence-corrected chi connectivity index (χ2v) is 13.2. The molecule has 1 aromatic heterocycles. The molecular weight excluding hydrogens is 616 g/mol. The van der Waals surface area contributed by atoms with Gasteiger partial charge in [0.1, 0.15) is 12.4 Å². The number of para-hydroxylation sites is 1. The summed E-state index contributed by atoms with van der Waals surface area (Å²) in [6.45, 7) is 1.97. The zero-order chi connectivity index (χ0) is 33.6. The summed E-state index contributed by atoms with van der Waals surface area (Å²) in [5.74, 6) is -0.252. The van der Waals surface area contributed by atoms with Crippen LogP contribution in [0.2, 0.25) is 0 Å². The highest BCUT2D eigenvalue weighted by Crippen LogP contribution is 2.56. The molecule has 5 atom stereocenters. The topological polar surface area (TPSA) is 103 Å². The quantitative estimate of drug-likeness (QED) is 0.0928. The molecule has 2 aliphatic carbocycles. The molecule has 1 saturated heterocycles. The minimum atomic E-state index is -1.04. The average molecular weight is 651 g/mol. The molecule has 4 aromatic carbocycles. The van der Waals surface area contributed by atoms with Crippen LogP contribution in [0.5, 0.6) is 5.75 Å². The molecule has 2 amide bonds. The Balaban J connectivity index is 0.986. The smallest absolute Gasteiger partial charge is 0.339 e. The molecule has 8 nitrogen and oxygen atoms in total. The number of imide groups is 1. The summed E-state index contributed by atoms with van der Waals surface area (Å²) in [7, 11) is 0. The van der Waals surface area contributed by atoms with Gasteiger partial charge in [0.15, 0.2) is 6.10 Å². The monoisotopic (exact) mass is 650 g/mol. The molecule has 8 heteroatoms. The van der Waals surface area contributed by atoms with Crippen LogP contribution in [0, 0.1) is 23.7 Å². The van der Waals surface area contributed by atoms with Crippen LogP contribution in [-0.2, 0) is 20.9 Å². The van der Waals surface area contributed by atoms with Crippen molar-refractivity contribution in [1.82, 2.24) is 4.98 Å². The number of esters is 1. The van der Waals surface area contributed by atoms with E-state index in [-0.39, 0.29) is 35.0 Å². The minimum absolute atomic E-state index is 0.0835. The number of benzene rings is 4. The van der Waals surface area contributed by atoms with Crippen molar-refractivity contribution < 1.29 is 28.7 Å². The van der Waals surface area contributed by atoms with Gasteiger partial charge in [0.25, 0.3) is 0 Å². The Bertz CT molecular complexity index is 2070. The maximum Gasteiger partial charge on any atom is 0.339 e. The van der Waals surface area contributed by atoms with Crippen LogP contribution in [0.15, 0.2) is 109 Å². The van der Waals surface area contributed by atoms with E-state index in [2.05, 4.69) is 0 Å². The van der Waals surface area contributed by atoms with Gasteiger partial charge in [0.05, 0.1) is 34.3 Å². The lowest BCUT2D eigenvalue weighted by molar-refractivity contribution is -0.123. The fraction of sp³-hybridized carbons (Fsp3) is 0.244. The molecule has 3 aliphatic rings. The number of ether oxygens (including phenoxy) is 2. The van der Waals surface area contributed by atoms with Gasteiger partial charge in [0.2, 0.25) is 17.6 Å². The zero-order valence-corrected chi connectivity index (χ0v) is 27.0. The molecule has 0 spiro atoms. The Morgan fingerprint density at radius 2 is 1.47 bits per heavy atom. The fourth-order valence-electron chi connectivity index (χ4n) is 7.91. The summed E-state index contributed by atoms with van der Waals surface area (Å²) in [4.78, 5) is 59.7. The molecule has 0 unspecified atom stereocenters. The second-order valence-electron chi connectivity index (χ2n) is 13.2. The lowest BCUT2D eigenvalue weighted by atomic mass is 9.81. The largest absolute Gasteiger partial charge is 0.489 e. The average Bonchev–Trinajstić information content (AvgIpc) is 3.84. The van der Waals surface area contributed by atoms with Crippen molar-refractivity contribution in [3.63, 3.8) is 0 Å². The fourth-order valence-corrected chi connectivity index (χ4v) is 7.91. The number of amides is 2. The molecule has 3 fully saturated rings. The molecule has 5 aromatic rings. The number of ketones is 1. The van der Waals surface area contributed by atoms with E-state index in [1.54, 1.807) is 55.5 Å². The summed E-state index contributed by atoms with van der Waals surface area (Å²) in [5, 5.41) is 0.599. The number of pyridine rings is 1. The number of anilines is 1. The first-order valence-corrected chi connectivity index (χ1v) is 16.8. The molecule has 49 heavy (non-hydrogen) atoms. The first-order chi connectivity index (χ1) is 23.9. The van der Waals surface area contributed by atoms with Gasteiger partial charge in [-0.3, -0.25) is 19.3 Å². The van der Waals surface area contributed by atoms with Gasteiger partial charge in [-0.1, -0.05) is 60.7 Å². The summed E-state index contributed by atoms with van der Waals surface area (Å²) in [6.07, 6.45) is 2.01. The third-order valence-electron chi connectivity index (χ3n) is 10.3. The molecular formula is C41H34N2O6. The standard InChI is InChI=1S/C41H34N2O6/c1-24(38(44)27-15-19-31(20-16-27)48-23-25-7-3-2-4-8-25)49-41(47)33-22-35(42-34-10-6-5-9-32(33)34)26-13-17-30(18-14-26)43-39(45)36-28-11-12-29(21-28)37(36)40(43)46/h2-10,13-20,22,24,28-29,36-37H,11-12,21,23H2,1H3/t24-,28-,29+,36-,37+/m0/s1. The minimum Gasteiger partial charge on any atom is -0.489 e. The predicted octanol–water partition coefficient (Wildman–Crippen LogP) is 7.44. The van der Waals surface area contributed by atoms with E-state index >= 15 is 0 Å². The van der Waals surface area contributed by atoms with Crippen LogP contribution in [0.3, 0.4) is 0 Å². The molecule has 244 valence electrons. The van der Waals surface area contributed by atoms with Crippen molar-refractivity contribution in [1.29, 1.82) is 0 Å². The van der Waals surface area contributed by atoms with Crippen molar-refractivity contribution >= 4 is 40.2 Å². The van der Waals surface area contributed by atoms with Gasteiger partial charge in [0, 0.05) is 16.5 Å². The van der Waals surface area contributed by atoms with E-state index in [4.69, 9.17) is 14.5 Å². The van der Waals surface area contributed by atoms with E-state index in [0.717, 1.165) is 24.8 Å². The predicted molar refractivity (Wildman–Crippen MR) is 184 cm³/mol. The number of aromatic nitrogens is 1. The number of carbonyl (C=O) groups excluding carboxylic acids is 4. The Kier molecular flexibility index (Phi) is 7.79. The molecule has 2 bridgehead atoms. The highest BCUT2D eigenvalue weighted by molar-refractivity contribution is 6.22. The van der Waals surface area contributed by atoms with E-state index < -0.39 is 12.1 Å². The number of hydrogen-bond donors (Lipinski definition) is 0. The number of fused-ring (bicyclic) bond motifs is 6. The van der Waals surface area contributed by atoms with Crippen LogP contribution < -0.4 is 9.64 Å². The molecule has 8 rings (SSSR count). The van der Waals surface area contributed by atoms with Crippen LogP contribution >= 0.6 is 0 Å².